The summed E-state index contributed by atoms with van der Waals surface area (Å²) in [6, 6.07) is 27.2. The largest absolute Gasteiger partial charge is 0.456 e. The lowest BCUT2D eigenvalue weighted by molar-refractivity contribution is -0.151. The number of hydrogen-bond donors (Lipinski definition) is 1. The van der Waals surface area contributed by atoms with E-state index in [9.17, 15) is 19.2 Å². The van der Waals surface area contributed by atoms with Gasteiger partial charge in [-0.2, -0.15) is 0 Å². The number of aryl methyl sites for hydroxylation is 2. The lowest BCUT2D eigenvalue weighted by Gasteiger charge is -2.34. The minimum absolute atomic E-state index is 0.00935. The maximum atomic E-state index is 14.0. The molecule has 2 aliphatic heterocycles. The molecule has 49 heavy (non-hydrogen) atoms. The molecule has 9 nitrogen and oxygen atoms in total. The number of halogens is 1. The number of anilines is 2. The highest BCUT2D eigenvalue weighted by molar-refractivity contribution is 6.30. The van der Waals surface area contributed by atoms with Gasteiger partial charge in [-0.25, -0.2) is 0 Å². The van der Waals surface area contributed by atoms with Crippen LogP contribution in [0.15, 0.2) is 91.0 Å². The van der Waals surface area contributed by atoms with Gasteiger partial charge in [-0.1, -0.05) is 48.0 Å². The molecule has 0 saturated carbocycles. The average Bonchev–Trinajstić information content (AvgIpc) is 3.27. The minimum atomic E-state index is -0.569. The molecule has 1 fully saturated rings. The van der Waals surface area contributed by atoms with E-state index in [1.165, 1.54) is 0 Å². The van der Waals surface area contributed by atoms with Gasteiger partial charge in [0.05, 0.1) is 12.2 Å². The van der Waals surface area contributed by atoms with Gasteiger partial charge in [0.25, 0.3) is 17.7 Å². The summed E-state index contributed by atoms with van der Waals surface area (Å²) in [4.78, 5) is 58.5. The van der Waals surface area contributed by atoms with Crippen LogP contribution in [0.1, 0.15) is 66.7 Å². The van der Waals surface area contributed by atoms with Crippen molar-refractivity contribution >= 4 is 46.7 Å². The smallest absolute Gasteiger partial charge is 0.320 e. The summed E-state index contributed by atoms with van der Waals surface area (Å²) >= 11 is 6.43. The van der Waals surface area contributed by atoms with Gasteiger partial charge in [-0.3, -0.25) is 24.1 Å². The molecule has 0 aliphatic carbocycles. The van der Waals surface area contributed by atoms with E-state index < -0.39 is 6.10 Å². The maximum absolute atomic E-state index is 14.0. The SMILES string of the molecule is Cc1ccccc1C(=O)Nc1ccc(C(=O)N2CCCC(OC(=O)CN3CCN(C(=O)c4ccccc4)CC3)c3cc(Cl)ccc32)c(C)c1. The molecule has 0 radical (unpaired) electrons. The number of rotatable bonds is 7. The molecule has 10 heteroatoms. The molecule has 2 heterocycles. The van der Waals surface area contributed by atoms with Crippen LogP contribution in [0.3, 0.4) is 0 Å². The molecule has 1 N–H and O–H groups in total. The van der Waals surface area contributed by atoms with Crippen molar-refractivity contribution in [3.8, 4) is 0 Å². The van der Waals surface area contributed by atoms with Crippen molar-refractivity contribution in [2.45, 2.75) is 32.8 Å². The van der Waals surface area contributed by atoms with Gasteiger partial charge in [0, 0.05) is 65.7 Å². The first-order valence-corrected chi connectivity index (χ1v) is 16.9. The molecule has 3 amide bonds. The molecule has 4 aromatic rings. The van der Waals surface area contributed by atoms with Crippen molar-refractivity contribution in [2.75, 3.05) is 49.5 Å². The minimum Gasteiger partial charge on any atom is -0.456 e. The maximum Gasteiger partial charge on any atom is 0.320 e. The van der Waals surface area contributed by atoms with E-state index >= 15 is 0 Å². The summed E-state index contributed by atoms with van der Waals surface area (Å²) in [5, 5.41) is 3.42. The van der Waals surface area contributed by atoms with Crippen LogP contribution in [-0.4, -0.2) is 72.8 Å². The lowest BCUT2D eigenvalue weighted by atomic mass is 10.0. The third-order valence-electron chi connectivity index (χ3n) is 9.13. The Hall–Kier alpha value is -4.99. The van der Waals surface area contributed by atoms with Crippen molar-refractivity contribution in [2.24, 2.45) is 0 Å². The normalized spacial score (nSPS) is 16.3. The number of carbonyl (C=O) groups is 4. The zero-order valence-electron chi connectivity index (χ0n) is 27.7. The van der Waals surface area contributed by atoms with E-state index in [-0.39, 0.29) is 30.2 Å². The fourth-order valence-electron chi connectivity index (χ4n) is 6.48. The first kappa shape index (κ1) is 33.9. The quantitative estimate of drug-likeness (QED) is 0.219. The second kappa shape index (κ2) is 15.1. The molecule has 1 saturated heterocycles. The Bertz CT molecular complexity index is 1870. The molecule has 6 rings (SSSR count). The number of fused-ring (bicyclic) bond motifs is 1. The fourth-order valence-corrected chi connectivity index (χ4v) is 6.66. The summed E-state index contributed by atoms with van der Waals surface area (Å²) in [5.41, 5.74) is 5.29. The number of ether oxygens (including phenoxy) is 1. The number of nitrogens with one attached hydrogen (secondary N) is 1. The Kier molecular flexibility index (Phi) is 10.4. The van der Waals surface area contributed by atoms with Crippen molar-refractivity contribution in [3.05, 3.63) is 129 Å². The summed E-state index contributed by atoms with van der Waals surface area (Å²) in [7, 11) is 0. The highest BCUT2D eigenvalue weighted by Crippen LogP contribution is 2.38. The third kappa shape index (κ3) is 7.85. The number of piperazine rings is 1. The third-order valence-corrected chi connectivity index (χ3v) is 9.37. The molecule has 4 aromatic carbocycles. The van der Waals surface area contributed by atoms with Gasteiger partial charge in [-0.05, 0) is 92.4 Å². The summed E-state index contributed by atoms with van der Waals surface area (Å²) < 4.78 is 6.06. The fraction of sp³-hybridized carbons (Fsp3) is 0.282. The van der Waals surface area contributed by atoms with E-state index in [2.05, 4.69) is 5.32 Å². The first-order valence-electron chi connectivity index (χ1n) is 16.5. The molecule has 1 unspecified atom stereocenters. The van der Waals surface area contributed by atoms with E-state index in [1.807, 2.05) is 72.2 Å². The van der Waals surface area contributed by atoms with Crippen molar-refractivity contribution < 1.29 is 23.9 Å². The van der Waals surface area contributed by atoms with Gasteiger partial charge in [0.2, 0.25) is 0 Å². The summed E-state index contributed by atoms with van der Waals surface area (Å²) in [6.45, 7) is 6.46. The monoisotopic (exact) mass is 678 g/mol. The Labute approximate surface area is 291 Å². The topological polar surface area (TPSA) is 99.3 Å². The molecule has 252 valence electrons. The van der Waals surface area contributed by atoms with E-state index in [1.54, 1.807) is 47.4 Å². The zero-order chi connectivity index (χ0) is 34.5. The van der Waals surface area contributed by atoms with Crippen LogP contribution in [0.2, 0.25) is 5.02 Å². The Morgan fingerprint density at radius 1 is 0.776 bits per heavy atom. The predicted molar refractivity (Wildman–Crippen MR) is 190 cm³/mol. The van der Waals surface area contributed by atoms with Crippen LogP contribution >= 0.6 is 11.6 Å². The van der Waals surface area contributed by atoms with Crippen LogP contribution in [-0.2, 0) is 9.53 Å². The number of amides is 3. The lowest BCUT2D eigenvalue weighted by Crippen LogP contribution is -2.50. The molecule has 1 atom stereocenters. The van der Waals surface area contributed by atoms with Crippen LogP contribution in [0.5, 0.6) is 0 Å². The number of carbonyl (C=O) groups excluding carboxylic acids is 4. The van der Waals surface area contributed by atoms with E-state index in [0.717, 1.165) is 11.1 Å². The van der Waals surface area contributed by atoms with Crippen LogP contribution < -0.4 is 10.2 Å². The molecular formula is C39H39ClN4O5. The van der Waals surface area contributed by atoms with E-state index in [0.29, 0.717) is 84.2 Å². The van der Waals surface area contributed by atoms with Crippen LogP contribution in [0.25, 0.3) is 0 Å². The Morgan fingerprint density at radius 3 is 2.24 bits per heavy atom. The van der Waals surface area contributed by atoms with Gasteiger partial charge < -0.3 is 19.9 Å². The molecule has 0 aromatic heterocycles. The van der Waals surface area contributed by atoms with Gasteiger partial charge in [0.1, 0.15) is 6.10 Å². The molecule has 2 aliphatic rings. The zero-order valence-corrected chi connectivity index (χ0v) is 28.4. The van der Waals surface area contributed by atoms with Gasteiger partial charge >= 0.3 is 5.97 Å². The van der Waals surface area contributed by atoms with Gasteiger partial charge in [-0.15, -0.1) is 0 Å². The van der Waals surface area contributed by atoms with Gasteiger partial charge in [0.15, 0.2) is 0 Å². The Balaban J connectivity index is 1.11. The summed E-state index contributed by atoms with van der Waals surface area (Å²) in [5.74, 6) is -0.772. The highest BCUT2D eigenvalue weighted by atomic mass is 35.5. The number of benzene rings is 4. The van der Waals surface area contributed by atoms with Crippen molar-refractivity contribution in [3.63, 3.8) is 0 Å². The summed E-state index contributed by atoms with van der Waals surface area (Å²) in [6.07, 6.45) is 0.574. The molecule has 0 bridgehead atoms. The van der Waals surface area contributed by atoms with Crippen molar-refractivity contribution in [1.29, 1.82) is 0 Å². The van der Waals surface area contributed by atoms with E-state index in [4.69, 9.17) is 16.3 Å². The standard InChI is InChI=1S/C39H39ClN4O5/c1-26-9-6-7-12-31(26)37(46)41-30-15-16-32(27(2)23-30)39(48)44-18-8-13-35(33-24-29(40)14-17-34(33)44)49-36(45)25-42-19-21-43(22-20-42)38(47)28-10-4-3-5-11-28/h3-7,9-12,14-17,23-24,35H,8,13,18-22,25H2,1-2H3,(H,41,46). The Morgan fingerprint density at radius 2 is 1.51 bits per heavy atom. The first-order chi connectivity index (χ1) is 23.7. The number of hydrogen-bond acceptors (Lipinski definition) is 6. The second-order valence-electron chi connectivity index (χ2n) is 12.5. The van der Waals surface area contributed by atoms with Crippen LogP contribution in [0, 0.1) is 13.8 Å². The number of nitrogens with zero attached hydrogens (tertiary/aromatic N) is 3. The molecule has 0 spiro atoms. The molecular weight excluding hydrogens is 640 g/mol. The number of esters is 1. The van der Waals surface area contributed by atoms with Crippen molar-refractivity contribution in [1.82, 2.24) is 9.80 Å². The van der Waals surface area contributed by atoms with Crippen LogP contribution in [0.4, 0.5) is 11.4 Å². The predicted octanol–water partition coefficient (Wildman–Crippen LogP) is 6.69. The second-order valence-corrected chi connectivity index (χ2v) is 13.0. The average molecular weight is 679 g/mol. The highest BCUT2D eigenvalue weighted by Gasteiger charge is 2.31.